The Morgan fingerprint density at radius 1 is 1.38 bits per heavy atom. The van der Waals surface area contributed by atoms with Crippen molar-refractivity contribution in [3.8, 4) is 5.75 Å². The molecule has 21 heavy (non-hydrogen) atoms. The van der Waals surface area contributed by atoms with Crippen molar-refractivity contribution in [2.75, 3.05) is 13.1 Å². The third-order valence-corrected chi connectivity index (χ3v) is 4.19. The summed E-state index contributed by atoms with van der Waals surface area (Å²) in [4.78, 5) is 12.3. The van der Waals surface area contributed by atoms with Gasteiger partial charge in [-0.2, -0.15) is 0 Å². The number of rotatable bonds is 6. The molecule has 1 aromatic carbocycles. The first-order valence-corrected chi connectivity index (χ1v) is 7.80. The zero-order chi connectivity index (χ0) is 15.3. The molecule has 0 aliphatic heterocycles. The van der Waals surface area contributed by atoms with E-state index < -0.39 is 0 Å². The lowest BCUT2D eigenvalue weighted by molar-refractivity contribution is 0.0931. The van der Waals surface area contributed by atoms with Gasteiger partial charge in [0.05, 0.1) is 6.10 Å². The third kappa shape index (κ3) is 4.21. The quantitative estimate of drug-likeness (QED) is 0.846. The normalized spacial score (nSPS) is 17.0. The first-order chi connectivity index (χ1) is 10.0. The molecule has 116 valence electrons. The fourth-order valence-corrected chi connectivity index (χ4v) is 2.93. The van der Waals surface area contributed by atoms with Gasteiger partial charge in [0.2, 0.25) is 0 Å². The number of nitrogens with one attached hydrogen (secondary N) is 1. The number of amides is 1. The number of ether oxygens (including phenoxy) is 1. The second kappa shape index (κ2) is 6.94. The topological polar surface area (TPSA) is 64.3 Å². The predicted octanol–water partition coefficient (Wildman–Crippen LogP) is 2.72. The summed E-state index contributed by atoms with van der Waals surface area (Å²) in [6.07, 6.45) is 4.75. The smallest absolute Gasteiger partial charge is 0.251 e. The van der Waals surface area contributed by atoms with Gasteiger partial charge in [0.1, 0.15) is 5.75 Å². The molecule has 0 saturated heterocycles. The summed E-state index contributed by atoms with van der Waals surface area (Å²) in [5.74, 6) is 0.677. The van der Waals surface area contributed by atoms with E-state index in [0.29, 0.717) is 18.7 Å². The highest BCUT2D eigenvalue weighted by Gasteiger charge is 2.32. The zero-order valence-electron chi connectivity index (χ0n) is 13.0. The number of hydrogen-bond acceptors (Lipinski definition) is 3. The van der Waals surface area contributed by atoms with Gasteiger partial charge in [0.25, 0.3) is 5.91 Å². The molecule has 0 spiro atoms. The largest absolute Gasteiger partial charge is 0.491 e. The number of nitrogens with two attached hydrogens (primary N) is 1. The van der Waals surface area contributed by atoms with Crippen molar-refractivity contribution >= 4 is 5.91 Å². The maximum atomic E-state index is 12.3. The minimum absolute atomic E-state index is 0.0519. The highest BCUT2D eigenvalue weighted by Crippen LogP contribution is 2.36. The van der Waals surface area contributed by atoms with Crippen molar-refractivity contribution in [3.05, 3.63) is 29.8 Å². The van der Waals surface area contributed by atoms with Crippen LogP contribution >= 0.6 is 0 Å². The van der Waals surface area contributed by atoms with Crippen LogP contribution in [-0.2, 0) is 0 Å². The van der Waals surface area contributed by atoms with Gasteiger partial charge in [-0.1, -0.05) is 18.9 Å². The molecule has 0 unspecified atom stereocenters. The van der Waals surface area contributed by atoms with Crippen molar-refractivity contribution in [2.45, 2.75) is 45.6 Å². The lowest BCUT2D eigenvalue weighted by Gasteiger charge is -2.27. The second-order valence-electron chi connectivity index (χ2n) is 6.29. The molecule has 1 amide bonds. The Balaban J connectivity index is 1.96. The third-order valence-electron chi connectivity index (χ3n) is 4.19. The van der Waals surface area contributed by atoms with Crippen LogP contribution in [0.25, 0.3) is 0 Å². The van der Waals surface area contributed by atoms with Crippen LogP contribution in [0, 0.1) is 5.41 Å². The Kier molecular flexibility index (Phi) is 5.23. The average Bonchev–Trinajstić information content (AvgIpc) is 2.94. The summed E-state index contributed by atoms with van der Waals surface area (Å²) in [5.41, 5.74) is 6.64. The number of carbonyl (C=O) groups excluding carboxylic acids is 1. The van der Waals surface area contributed by atoms with E-state index in [4.69, 9.17) is 10.5 Å². The van der Waals surface area contributed by atoms with E-state index in [9.17, 15) is 4.79 Å². The van der Waals surface area contributed by atoms with Crippen molar-refractivity contribution in [1.82, 2.24) is 5.32 Å². The Labute approximate surface area is 127 Å². The maximum absolute atomic E-state index is 12.3. The zero-order valence-corrected chi connectivity index (χ0v) is 13.0. The Hall–Kier alpha value is -1.55. The van der Waals surface area contributed by atoms with Gasteiger partial charge >= 0.3 is 0 Å². The van der Waals surface area contributed by atoms with Crippen molar-refractivity contribution in [1.29, 1.82) is 0 Å². The van der Waals surface area contributed by atoms with Gasteiger partial charge in [0, 0.05) is 12.1 Å². The molecule has 2 rings (SSSR count). The second-order valence-corrected chi connectivity index (χ2v) is 6.29. The molecule has 1 aromatic rings. The standard InChI is InChI=1S/C17H26N2O2/c1-13(2)21-15-7-5-6-14(10-15)16(20)19-12-17(11-18)8-3-4-9-17/h5-7,10,13H,3-4,8-9,11-12,18H2,1-2H3,(H,19,20). The first kappa shape index (κ1) is 15.8. The van der Waals surface area contributed by atoms with Gasteiger partial charge < -0.3 is 15.8 Å². The van der Waals surface area contributed by atoms with E-state index in [1.165, 1.54) is 12.8 Å². The number of hydrogen-bond donors (Lipinski definition) is 2. The lowest BCUT2D eigenvalue weighted by Crippen LogP contribution is -2.40. The number of carbonyl (C=O) groups is 1. The lowest BCUT2D eigenvalue weighted by atomic mass is 9.86. The molecule has 0 radical (unpaired) electrons. The van der Waals surface area contributed by atoms with Gasteiger partial charge in [-0.25, -0.2) is 0 Å². The van der Waals surface area contributed by atoms with E-state index in [2.05, 4.69) is 5.32 Å². The number of benzene rings is 1. The first-order valence-electron chi connectivity index (χ1n) is 7.80. The van der Waals surface area contributed by atoms with Gasteiger partial charge in [0.15, 0.2) is 0 Å². The van der Waals surface area contributed by atoms with Gasteiger partial charge in [-0.15, -0.1) is 0 Å². The SMILES string of the molecule is CC(C)Oc1cccc(C(=O)NCC2(CN)CCCC2)c1. The summed E-state index contributed by atoms with van der Waals surface area (Å²) >= 11 is 0. The van der Waals surface area contributed by atoms with Crippen molar-refractivity contribution < 1.29 is 9.53 Å². The molecule has 1 saturated carbocycles. The fraction of sp³-hybridized carbons (Fsp3) is 0.588. The summed E-state index contributed by atoms with van der Waals surface area (Å²) in [6.45, 7) is 5.25. The van der Waals surface area contributed by atoms with E-state index in [-0.39, 0.29) is 17.4 Å². The van der Waals surface area contributed by atoms with Crippen LogP contribution < -0.4 is 15.8 Å². The maximum Gasteiger partial charge on any atom is 0.251 e. The van der Waals surface area contributed by atoms with E-state index >= 15 is 0 Å². The van der Waals surface area contributed by atoms with Crippen LogP contribution in [-0.4, -0.2) is 25.1 Å². The van der Waals surface area contributed by atoms with Gasteiger partial charge in [-0.3, -0.25) is 4.79 Å². The monoisotopic (exact) mass is 290 g/mol. The molecule has 1 aliphatic carbocycles. The Bertz CT molecular complexity index is 479. The summed E-state index contributed by atoms with van der Waals surface area (Å²) in [5, 5.41) is 3.04. The van der Waals surface area contributed by atoms with Crippen LogP contribution in [0.3, 0.4) is 0 Å². The van der Waals surface area contributed by atoms with Crippen LogP contribution in [0.5, 0.6) is 5.75 Å². The van der Waals surface area contributed by atoms with E-state index in [1.807, 2.05) is 32.0 Å². The van der Waals surface area contributed by atoms with Crippen molar-refractivity contribution in [2.24, 2.45) is 11.1 Å². The molecular weight excluding hydrogens is 264 g/mol. The molecule has 0 atom stereocenters. The predicted molar refractivity (Wildman–Crippen MR) is 84.5 cm³/mol. The highest BCUT2D eigenvalue weighted by molar-refractivity contribution is 5.94. The highest BCUT2D eigenvalue weighted by atomic mass is 16.5. The molecule has 1 fully saturated rings. The van der Waals surface area contributed by atoms with Crippen LogP contribution in [0.1, 0.15) is 49.9 Å². The molecule has 4 heteroatoms. The van der Waals surface area contributed by atoms with Gasteiger partial charge in [-0.05, 0) is 56.8 Å². The molecule has 0 aromatic heterocycles. The summed E-state index contributed by atoms with van der Waals surface area (Å²) in [6, 6.07) is 7.32. The average molecular weight is 290 g/mol. The van der Waals surface area contributed by atoms with Crippen LogP contribution in [0.2, 0.25) is 0 Å². The van der Waals surface area contributed by atoms with Crippen molar-refractivity contribution in [3.63, 3.8) is 0 Å². The summed E-state index contributed by atoms with van der Waals surface area (Å²) in [7, 11) is 0. The van der Waals surface area contributed by atoms with Crippen LogP contribution in [0.15, 0.2) is 24.3 Å². The minimum atomic E-state index is -0.0519. The molecule has 4 nitrogen and oxygen atoms in total. The van der Waals surface area contributed by atoms with E-state index in [0.717, 1.165) is 18.6 Å². The van der Waals surface area contributed by atoms with E-state index in [1.54, 1.807) is 6.07 Å². The molecule has 1 aliphatic rings. The Morgan fingerprint density at radius 3 is 2.71 bits per heavy atom. The molecule has 0 bridgehead atoms. The molecular formula is C17H26N2O2. The molecule has 3 N–H and O–H groups in total. The fourth-order valence-electron chi connectivity index (χ4n) is 2.93. The molecule has 0 heterocycles. The summed E-state index contributed by atoms with van der Waals surface area (Å²) < 4.78 is 5.62. The minimum Gasteiger partial charge on any atom is -0.491 e. The Morgan fingerprint density at radius 2 is 2.10 bits per heavy atom. The van der Waals surface area contributed by atoms with Crippen LogP contribution in [0.4, 0.5) is 0 Å².